The fourth-order valence-corrected chi connectivity index (χ4v) is 2.46. The third-order valence-corrected chi connectivity index (χ3v) is 3.69. The normalized spacial score (nSPS) is 10.5. The molecular formula is C18H18ClN5O. The average Bonchev–Trinajstić information content (AvgIpc) is 2.56. The molecule has 0 spiro atoms. The summed E-state index contributed by atoms with van der Waals surface area (Å²) in [6.45, 7) is 5.82. The molecule has 1 aromatic heterocycles. The van der Waals surface area contributed by atoms with Gasteiger partial charge < -0.3 is 5.32 Å². The molecule has 0 saturated heterocycles. The zero-order valence-electron chi connectivity index (χ0n) is 14.2. The van der Waals surface area contributed by atoms with Crippen molar-refractivity contribution in [1.29, 1.82) is 5.26 Å². The highest BCUT2D eigenvalue weighted by atomic mass is 35.5. The van der Waals surface area contributed by atoms with E-state index >= 15 is 0 Å². The number of rotatable bonds is 5. The van der Waals surface area contributed by atoms with Gasteiger partial charge >= 0.3 is 0 Å². The standard InChI is InChI=1S/C18H18ClN5O/c1-4-24(17-9-12(2)16(10-20)18(19)23-17)21-11-14-5-7-15(8-6-14)22-13(3)25/h5-9,11H,4H2,1-3H3,(H,22,25)/b21-11+. The Balaban J connectivity index is 2.20. The highest BCUT2D eigenvalue weighted by Gasteiger charge is 2.11. The fraction of sp³-hybridized carbons (Fsp3) is 0.222. The van der Waals surface area contributed by atoms with Gasteiger partial charge in [0, 0.05) is 19.2 Å². The number of hydrazone groups is 1. The van der Waals surface area contributed by atoms with Crippen LogP contribution in [0, 0.1) is 18.3 Å². The lowest BCUT2D eigenvalue weighted by Gasteiger charge is -2.17. The second kappa shape index (κ2) is 8.27. The summed E-state index contributed by atoms with van der Waals surface area (Å²) in [5, 5.41) is 18.1. The second-order valence-corrected chi connectivity index (χ2v) is 5.70. The Morgan fingerprint density at radius 3 is 2.64 bits per heavy atom. The van der Waals surface area contributed by atoms with Gasteiger partial charge in [-0.3, -0.25) is 4.79 Å². The van der Waals surface area contributed by atoms with Gasteiger partial charge in [0.25, 0.3) is 0 Å². The van der Waals surface area contributed by atoms with Crippen molar-refractivity contribution in [2.75, 3.05) is 16.9 Å². The maximum Gasteiger partial charge on any atom is 0.221 e. The van der Waals surface area contributed by atoms with Crippen molar-refractivity contribution in [2.24, 2.45) is 5.10 Å². The van der Waals surface area contributed by atoms with E-state index in [1.165, 1.54) is 6.92 Å². The van der Waals surface area contributed by atoms with E-state index in [0.29, 0.717) is 17.9 Å². The van der Waals surface area contributed by atoms with Gasteiger partial charge in [-0.1, -0.05) is 23.7 Å². The van der Waals surface area contributed by atoms with Gasteiger partial charge in [-0.2, -0.15) is 10.4 Å². The first kappa shape index (κ1) is 18.4. The van der Waals surface area contributed by atoms with E-state index in [1.807, 2.05) is 32.0 Å². The first-order valence-corrected chi connectivity index (χ1v) is 8.08. The number of carbonyl (C=O) groups is 1. The van der Waals surface area contributed by atoms with Gasteiger partial charge in [0.05, 0.1) is 11.8 Å². The van der Waals surface area contributed by atoms with Crippen LogP contribution in [0.1, 0.15) is 30.5 Å². The zero-order valence-corrected chi connectivity index (χ0v) is 15.0. The molecule has 0 bridgehead atoms. The molecule has 1 amide bonds. The Bertz CT molecular complexity index is 817. The molecule has 2 aromatic rings. The lowest BCUT2D eigenvalue weighted by Crippen LogP contribution is -2.17. The Morgan fingerprint density at radius 1 is 1.44 bits per heavy atom. The number of halogens is 1. The van der Waals surface area contributed by atoms with E-state index in [1.54, 1.807) is 29.4 Å². The summed E-state index contributed by atoms with van der Waals surface area (Å²) in [6, 6.07) is 11.1. The van der Waals surface area contributed by atoms with Gasteiger partial charge in [-0.05, 0) is 43.2 Å². The highest BCUT2D eigenvalue weighted by molar-refractivity contribution is 6.30. The largest absolute Gasteiger partial charge is 0.326 e. The molecule has 0 aliphatic carbocycles. The summed E-state index contributed by atoms with van der Waals surface area (Å²) in [6.07, 6.45) is 1.70. The molecule has 1 heterocycles. The first-order chi connectivity index (χ1) is 11.9. The fourth-order valence-electron chi connectivity index (χ4n) is 2.18. The Morgan fingerprint density at radius 2 is 2.12 bits per heavy atom. The smallest absolute Gasteiger partial charge is 0.221 e. The maximum absolute atomic E-state index is 11.0. The molecule has 0 fully saturated rings. The number of aromatic nitrogens is 1. The maximum atomic E-state index is 11.0. The van der Waals surface area contributed by atoms with Crippen LogP contribution in [-0.4, -0.2) is 23.7 Å². The molecule has 7 heteroatoms. The molecule has 6 nitrogen and oxygen atoms in total. The predicted octanol–water partition coefficient (Wildman–Crippen LogP) is 3.73. The van der Waals surface area contributed by atoms with Crippen LogP contribution in [-0.2, 0) is 4.79 Å². The Labute approximate surface area is 151 Å². The van der Waals surface area contributed by atoms with Crippen LogP contribution in [0.25, 0.3) is 0 Å². The number of benzene rings is 1. The van der Waals surface area contributed by atoms with Crippen LogP contribution in [0.5, 0.6) is 0 Å². The van der Waals surface area contributed by atoms with Crippen molar-refractivity contribution < 1.29 is 4.79 Å². The predicted molar refractivity (Wildman–Crippen MR) is 100 cm³/mol. The molecule has 0 unspecified atom stereocenters. The molecule has 0 atom stereocenters. The summed E-state index contributed by atoms with van der Waals surface area (Å²) in [4.78, 5) is 15.3. The minimum atomic E-state index is -0.113. The summed E-state index contributed by atoms with van der Waals surface area (Å²) < 4.78 is 0. The monoisotopic (exact) mass is 355 g/mol. The van der Waals surface area contributed by atoms with Crippen molar-refractivity contribution >= 4 is 35.2 Å². The minimum Gasteiger partial charge on any atom is -0.326 e. The first-order valence-electron chi connectivity index (χ1n) is 7.71. The van der Waals surface area contributed by atoms with Crippen LogP contribution in [0.15, 0.2) is 35.4 Å². The molecule has 2 rings (SSSR count). The quantitative estimate of drug-likeness (QED) is 0.503. The van der Waals surface area contributed by atoms with Gasteiger partial charge in [0.1, 0.15) is 11.2 Å². The highest BCUT2D eigenvalue weighted by Crippen LogP contribution is 2.23. The number of hydrogen-bond acceptors (Lipinski definition) is 5. The number of aryl methyl sites for hydroxylation is 1. The number of nitriles is 1. The van der Waals surface area contributed by atoms with Crippen molar-refractivity contribution in [3.63, 3.8) is 0 Å². The number of hydrogen-bond donors (Lipinski definition) is 1. The van der Waals surface area contributed by atoms with Crippen molar-refractivity contribution in [3.8, 4) is 6.07 Å². The molecule has 0 saturated carbocycles. The van der Waals surface area contributed by atoms with Gasteiger partial charge in [-0.15, -0.1) is 0 Å². The number of nitrogens with zero attached hydrogens (tertiary/aromatic N) is 4. The summed E-state index contributed by atoms with van der Waals surface area (Å²) in [5.74, 6) is 0.466. The number of carbonyl (C=O) groups excluding carboxylic acids is 1. The molecule has 128 valence electrons. The Hall–Kier alpha value is -2.91. The van der Waals surface area contributed by atoms with E-state index in [2.05, 4.69) is 15.4 Å². The molecular weight excluding hydrogens is 338 g/mol. The van der Waals surface area contributed by atoms with Gasteiger partial charge in [0.2, 0.25) is 5.91 Å². The van der Waals surface area contributed by atoms with Gasteiger partial charge in [0.15, 0.2) is 5.82 Å². The van der Waals surface area contributed by atoms with E-state index in [0.717, 1.165) is 16.8 Å². The Kier molecular flexibility index (Phi) is 6.09. The van der Waals surface area contributed by atoms with Crippen molar-refractivity contribution in [2.45, 2.75) is 20.8 Å². The average molecular weight is 356 g/mol. The van der Waals surface area contributed by atoms with Crippen molar-refractivity contribution in [1.82, 2.24) is 4.98 Å². The summed E-state index contributed by atoms with van der Waals surface area (Å²) in [5.41, 5.74) is 2.74. The minimum absolute atomic E-state index is 0.113. The zero-order chi connectivity index (χ0) is 18.4. The molecule has 0 aliphatic rings. The number of nitrogens with one attached hydrogen (secondary N) is 1. The molecule has 0 aliphatic heterocycles. The van der Waals surface area contributed by atoms with Crippen LogP contribution in [0.3, 0.4) is 0 Å². The molecule has 1 aromatic carbocycles. The number of pyridine rings is 1. The van der Waals surface area contributed by atoms with Crippen molar-refractivity contribution in [3.05, 3.63) is 52.2 Å². The van der Waals surface area contributed by atoms with E-state index in [9.17, 15) is 4.79 Å². The van der Waals surface area contributed by atoms with Crippen LogP contribution < -0.4 is 10.3 Å². The second-order valence-electron chi connectivity index (χ2n) is 5.34. The molecule has 0 radical (unpaired) electrons. The number of anilines is 2. The SMILES string of the molecule is CCN(/N=C/c1ccc(NC(C)=O)cc1)c1cc(C)c(C#N)c(Cl)n1. The molecule has 25 heavy (non-hydrogen) atoms. The number of amides is 1. The third kappa shape index (κ3) is 4.78. The summed E-state index contributed by atoms with van der Waals surface area (Å²) >= 11 is 6.07. The summed E-state index contributed by atoms with van der Waals surface area (Å²) in [7, 11) is 0. The third-order valence-electron chi connectivity index (χ3n) is 3.41. The topological polar surface area (TPSA) is 81.4 Å². The lowest BCUT2D eigenvalue weighted by molar-refractivity contribution is -0.114. The van der Waals surface area contributed by atoms with E-state index < -0.39 is 0 Å². The van der Waals surface area contributed by atoms with Gasteiger partial charge in [-0.25, -0.2) is 9.99 Å². The van der Waals surface area contributed by atoms with E-state index in [4.69, 9.17) is 16.9 Å². The van der Waals surface area contributed by atoms with E-state index in [-0.39, 0.29) is 11.1 Å². The van der Waals surface area contributed by atoms with Crippen LogP contribution in [0.2, 0.25) is 5.15 Å². The van der Waals surface area contributed by atoms with Crippen LogP contribution in [0.4, 0.5) is 11.5 Å². The van der Waals surface area contributed by atoms with Crippen LogP contribution >= 0.6 is 11.6 Å². The lowest BCUT2D eigenvalue weighted by atomic mass is 10.2. The molecule has 1 N–H and O–H groups in total.